The molecular weight excluding hydrogens is 248 g/mol. The fourth-order valence-electron chi connectivity index (χ4n) is 2.89. The number of hydrogen-bond acceptors (Lipinski definition) is 3. The molecule has 0 saturated carbocycles. The second kappa shape index (κ2) is 8.06. The highest BCUT2D eigenvalue weighted by atomic mass is 16.3. The summed E-state index contributed by atoms with van der Waals surface area (Å²) in [5.74, 6) is 6.10. The topological polar surface area (TPSA) is 49.5 Å². The van der Waals surface area contributed by atoms with Crippen LogP contribution in [0, 0.1) is 11.8 Å². The van der Waals surface area contributed by atoms with Crippen molar-refractivity contribution < 1.29 is 5.11 Å². The van der Waals surface area contributed by atoms with Crippen molar-refractivity contribution in [3.63, 3.8) is 0 Å². The molecule has 1 aromatic carbocycles. The number of nitrogens with zero attached hydrogens (tertiary/aromatic N) is 1. The van der Waals surface area contributed by atoms with Crippen molar-refractivity contribution in [3.8, 4) is 11.8 Å². The smallest absolute Gasteiger partial charge is 0.0555 e. The van der Waals surface area contributed by atoms with Gasteiger partial charge in [-0.3, -0.25) is 4.90 Å². The van der Waals surface area contributed by atoms with Gasteiger partial charge in [-0.25, -0.2) is 0 Å². The maximum Gasteiger partial charge on any atom is 0.0555 e. The molecule has 3 N–H and O–H groups in total. The quantitative estimate of drug-likeness (QED) is 0.821. The number of hydrogen-bond donors (Lipinski definition) is 2. The lowest BCUT2D eigenvalue weighted by Gasteiger charge is -2.35. The summed E-state index contributed by atoms with van der Waals surface area (Å²) in [6.07, 6.45) is 4.59. The normalized spacial score (nSPS) is 19.4. The standard InChI is InChI=1S/C17H24N2O/c18-11-5-8-15-6-1-2-7-16(15)14-19-12-4-3-9-17(19)10-13-20/h1-2,6-7,17,20H,3-4,9-14,18H2. The first kappa shape index (κ1) is 15.1. The molecule has 0 aromatic heterocycles. The zero-order chi connectivity index (χ0) is 14.2. The summed E-state index contributed by atoms with van der Waals surface area (Å²) in [4.78, 5) is 2.49. The predicted octanol–water partition coefficient (Wildman–Crippen LogP) is 1.73. The number of aliphatic hydroxyl groups is 1. The van der Waals surface area contributed by atoms with Gasteiger partial charge in [-0.15, -0.1) is 0 Å². The van der Waals surface area contributed by atoms with Crippen LogP contribution >= 0.6 is 0 Å². The zero-order valence-electron chi connectivity index (χ0n) is 12.0. The van der Waals surface area contributed by atoms with E-state index in [1.807, 2.05) is 6.07 Å². The second-order valence-corrected chi connectivity index (χ2v) is 5.30. The van der Waals surface area contributed by atoms with E-state index in [1.54, 1.807) is 0 Å². The van der Waals surface area contributed by atoms with Crippen LogP contribution < -0.4 is 5.73 Å². The Labute approximate surface area is 121 Å². The number of piperidine rings is 1. The summed E-state index contributed by atoms with van der Waals surface area (Å²) in [7, 11) is 0. The van der Waals surface area contributed by atoms with Crippen LogP contribution in [0.2, 0.25) is 0 Å². The third-order valence-electron chi connectivity index (χ3n) is 3.93. The highest BCUT2D eigenvalue weighted by Gasteiger charge is 2.22. The Morgan fingerprint density at radius 1 is 1.30 bits per heavy atom. The van der Waals surface area contributed by atoms with E-state index in [-0.39, 0.29) is 6.61 Å². The third kappa shape index (κ3) is 4.08. The Bertz CT molecular complexity index is 473. The fraction of sp³-hybridized carbons (Fsp3) is 0.529. The molecule has 1 saturated heterocycles. The molecule has 0 spiro atoms. The Kier molecular flexibility index (Phi) is 6.07. The minimum Gasteiger partial charge on any atom is -0.396 e. The van der Waals surface area contributed by atoms with Gasteiger partial charge in [-0.2, -0.15) is 0 Å². The minimum atomic E-state index is 0.274. The number of rotatable bonds is 4. The molecule has 1 atom stereocenters. The second-order valence-electron chi connectivity index (χ2n) is 5.30. The maximum absolute atomic E-state index is 9.21. The maximum atomic E-state index is 9.21. The monoisotopic (exact) mass is 272 g/mol. The van der Waals surface area contributed by atoms with E-state index in [2.05, 4.69) is 34.9 Å². The molecule has 1 unspecified atom stereocenters. The SMILES string of the molecule is NCC#Cc1ccccc1CN1CCCCC1CCO. The highest BCUT2D eigenvalue weighted by Crippen LogP contribution is 2.22. The predicted molar refractivity (Wildman–Crippen MR) is 82.1 cm³/mol. The van der Waals surface area contributed by atoms with Gasteiger partial charge in [0.15, 0.2) is 0 Å². The first-order valence-electron chi connectivity index (χ1n) is 7.47. The van der Waals surface area contributed by atoms with Crippen LogP contribution in [0.3, 0.4) is 0 Å². The van der Waals surface area contributed by atoms with Crippen LogP contribution in [0.5, 0.6) is 0 Å². The summed E-state index contributed by atoms with van der Waals surface area (Å²) in [6.45, 7) is 2.70. The van der Waals surface area contributed by atoms with Gasteiger partial charge in [0.25, 0.3) is 0 Å². The van der Waals surface area contributed by atoms with Crippen molar-refractivity contribution in [1.82, 2.24) is 4.90 Å². The molecule has 3 nitrogen and oxygen atoms in total. The van der Waals surface area contributed by atoms with Crippen LogP contribution in [-0.4, -0.2) is 35.7 Å². The summed E-state index contributed by atoms with van der Waals surface area (Å²) < 4.78 is 0. The van der Waals surface area contributed by atoms with Gasteiger partial charge in [0.1, 0.15) is 0 Å². The van der Waals surface area contributed by atoms with Gasteiger partial charge in [-0.1, -0.05) is 36.5 Å². The molecule has 0 radical (unpaired) electrons. The lowest BCUT2D eigenvalue weighted by Crippen LogP contribution is -2.39. The molecule has 1 aromatic rings. The van der Waals surface area contributed by atoms with Gasteiger partial charge in [0.2, 0.25) is 0 Å². The van der Waals surface area contributed by atoms with Gasteiger partial charge < -0.3 is 10.8 Å². The van der Waals surface area contributed by atoms with Crippen LogP contribution in [0.1, 0.15) is 36.8 Å². The zero-order valence-corrected chi connectivity index (χ0v) is 12.0. The summed E-state index contributed by atoms with van der Waals surface area (Å²) in [5, 5.41) is 9.21. The Morgan fingerprint density at radius 3 is 2.95 bits per heavy atom. The molecule has 2 rings (SSSR count). The first-order valence-corrected chi connectivity index (χ1v) is 7.47. The van der Waals surface area contributed by atoms with Crippen molar-refractivity contribution in [1.29, 1.82) is 0 Å². The summed E-state index contributed by atoms with van der Waals surface area (Å²) in [5.41, 5.74) is 7.80. The molecule has 3 heteroatoms. The van der Waals surface area contributed by atoms with Crippen molar-refractivity contribution in [2.45, 2.75) is 38.3 Å². The number of aliphatic hydroxyl groups excluding tert-OH is 1. The van der Waals surface area contributed by atoms with E-state index in [4.69, 9.17) is 5.73 Å². The Hall–Kier alpha value is -1.34. The van der Waals surface area contributed by atoms with Crippen molar-refractivity contribution in [2.75, 3.05) is 19.7 Å². The molecule has 108 valence electrons. The number of benzene rings is 1. The van der Waals surface area contributed by atoms with E-state index in [0.29, 0.717) is 12.6 Å². The van der Waals surface area contributed by atoms with Gasteiger partial charge >= 0.3 is 0 Å². The molecule has 0 amide bonds. The van der Waals surface area contributed by atoms with Crippen molar-refractivity contribution in [3.05, 3.63) is 35.4 Å². The molecule has 0 bridgehead atoms. The largest absolute Gasteiger partial charge is 0.396 e. The molecule has 1 aliphatic heterocycles. The number of nitrogens with two attached hydrogens (primary N) is 1. The molecule has 1 aliphatic rings. The molecule has 20 heavy (non-hydrogen) atoms. The lowest BCUT2D eigenvalue weighted by atomic mass is 9.98. The minimum absolute atomic E-state index is 0.274. The van der Waals surface area contributed by atoms with Crippen LogP contribution in [0.4, 0.5) is 0 Å². The number of likely N-dealkylation sites (tertiary alicyclic amines) is 1. The first-order chi connectivity index (χ1) is 9.85. The molecule has 1 fully saturated rings. The van der Waals surface area contributed by atoms with E-state index in [9.17, 15) is 5.11 Å². The highest BCUT2D eigenvalue weighted by molar-refractivity contribution is 5.41. The molecule has 0 aliphatic carbocycles. The van der Waals surface area contributed by atoms with E-state index in [0.717, 1.165) is 25.1 Å². The fourth-order valence-corrected chi connectivity index (χ4v) is 2.89. The van der Waals surface area contributed by atoms with Crippen LogP contribution in [0.25, 0.3) is 0 Å². The molecule has 1 heterocycles. The van der Waals surface area contributed by atoms with Gasteiger partial charge in [0, 0.05) is 24.8 Å². The molecular formula is C17H24N2O. The van der Waals surface area contributed by atoms with Gasteiger partial charge in [-0.05, 0) is 37.4 Å². The van der Waals surface area contributed by atoms with E-state index < -0.39 is 0 Å². The summed E-state index contributed by atoms with van der Waals surface area (Å²) >= 11 is 0. The lowest BCUT2D eigenvalue weighted by molar-refractivity contribution is 0.112. The average molecular weight is 272 g/mol. The van der Waals surface area contributed by atoms with Crippen LogP contribution in [-0.2, 0) is 6.54 Å². The average Bonchev–Trinajstić information content (AvgIpc) is 2.49. The van der Waals surface area contributed by atoms with Gasteiger partial charge in [0.05, 0.1) is 6.54 Å². The van der Waals surface area contributed by atoms with E-state index in [1.165, 1.54) is 24.8 Å². The van der Waals surface area contributed by atoms with Crippen LogP contribution in [0.15, 0.2) is 24.3 Å². The Morgan fingerprint density at radius 2 is 2.15 bits per heavy atom. The van der Waals surface area contributed by atoms with Crippen molar-refractivity contribution >= 4 is 0 Å². The summed E-state index contributed by atoms with van der Waals surface area (Å²) in [6, 6.07) is 8.79. The third-order valence-corrected chi connectivity index (χ3v) is 3.93. The van der Waals surface area contributed by atoms with E-state index >= 15 is 0 Å². The Balaban J connectivity index is 2.11. The van der Waals surface area contributed by atoms with Crippen molar-refractivity contribution in [2.24, 2.45) is 5.73 Å².